The first-order valence-corrected chi connectivity index (χ1v) is 13.4. The maximum atomic E-state index is 12.6. The van der Waals surface area contributed by atoms with Crippen LogP contribution in [-0.4, -0.2) is 61.4 Å². The van der Waals surface area contributed by atoms with Crippen LogP contribution in [0, 0.1) is 17.3 Å². The Hall–Kier alpha value is -3.49. The van der Waals surface area contributed by atoms with Gasteiger partial charge in [0.2, 0.25) is 11.7 Å². The summed E-state index contributed by atoms with van der Waals surface area (Å²) < 4.78 is 2.34. The lowest BCUT2D eigenvalue weighted by molar-refractivity contribution is -0.136. The summed E-state index contributed by atoms with van der Waals surface area (Å²) in [6.07, 6.45) is 0.101. The molecule has 0 aliphatic heterocycles. The van der Waals surface area contributed by atoms with Crippen molar-refractivity contribution in [2.45, 2.75) is 38.0 Å². The standard InChI is InChI=1S/C27H27ClN6O3S/c1-27(26(37)29-2)14-18(22(35)23(27)36)34-15-31-21-24(30-13-12-16-6-4-3-5-7-16)32-20(33-25(21)34)11-9-17-8-10-19(28)38-17/h3-8,10,15,18,22-23,35-36H,12-14H2,1-2H3,(H,29,37)(H,30,32,33)/t18-,22+,23+,27?/m1/s1. The first-order valence-electron chi connectivity index (χ1n) is 12.2. The fourth-order valence-corrected chi connectivity index (χ4v) is 5.74. The minimum Gasteiger partial charge on any atom is -0.389 e. The van der Waals surface area contributed by atoms with Gasteiger partial charge in [-0.05, 0) is 49.3 Å². The molecule has 0 radical (unpaired) electrons. The molecule has 38 heavy (non-hydrogen) atoms. The van der Waals surface area contributed by atoms with Gasteiger partial charge in [-0.25, -0.2) is 15.0 Å². The summed E-state index contributed by atoms with van der Waals surface area (Å²) in [5.74, 6) is 6.50. The Bertz CT molecular complexity index is 1530. The molecule has 1 aromatic carbocycles. The van der Waals surface area contributed by atoms with Crippen LogP contribution < -0.4 is 10.6 Å². The van der Waals surface area contributed by atoms with E-state index in [9.17, 15) is 15.0 Å². The van der Waals surface area contributed by atoms with Gasteiger partial charge in [0.05, 0.1) is 33.1 Å². The van der Waals surface area contributed by atoms with E-state index in [-0.39, 0.29) is 18.2 Å². The number of halogens is 1. The molecule has 3 heterocycles. The molecule has 0 spiro atoms. The fourth-order valence-electron chi connectivity index (χ4n) is 4.85. The highest BCUT2D eigenvalue weighted by atomic mass is 35.5. The quantitative estimate of drug-likeness (QED) is 0.272. The van der Waals surface area contributed by atoms with Crippen molar-refractivity contribution < 1.29 is 15.0 Å². The molecule has 4 N–H and O–H groups in total. The zero-order valence-electron chi connectivity index (χ0n) is 20.8. The fraction of sp³-hybridized carbons (Fsp3) is 0.333. The predicted molar refractivity (Wildman–Crippen MR) is 147 cm³/mol. The van der Waals surface area contributed by atoms with Gasteiger partial charge in [0.25, 0.3) is 0 Å². The molecule has 4 atom stereocenters. The molecular formula is C27H27ClN6O3S. The van der Waals surface area contributed by atoms with E-state index < -0.39 is 23.7 Å². The van der Waals surface area contributed by atoms with Gasteiger partial charge >= 0.3 is 0 Å². The van der Waals surface area contributed by atoms with Crippen LogP contribution in [0.1, 0.15) is 35.7 Å². The number of hydrogen-bond donors (Lipinski definition) is 4. The molecule has 5 rings (SSSR count). The number of carbonyl (C=O) groups is 1. The topological polar surface area (TPSA) is 125 Å². The molecule has 1 aliphatic carbocycles. The lowest BCUT2D eigenvalue weighted by Crippen LogP contribution is -2.45. The number of rotatable bonds is 6. The zero-order valence-corrected chi connectivity index (χ0v) is 22.4. The summed E-state index contributed by atoms with van der Waals surface area (Å²) in [5.41, 5.74) is 0.980. The molecule has 0 bridgehead atoms. The third-order valence-corrected chi connectivity index (χ3v) is 8.09. The Balaban J connectivity index is 1.52. The largest absolute Gasteiger partial charge is 0.389 e. The first-order chi connectivity index (χ1) is 18.3. The minimum absolute atomic E-state index is 0.204. The lowest BCUT2D eigenvalue weighted by Gasteiger charge is -2.26. The second kappa shape index (κ2) is 10.7. The number of benzene rings is 1. The van der Waals surface area contributed by atoms with E-state index in [1.165, 1.54) is 23.9 Å². The molecule has 9 nitrogen and oxygen atoms in total. The van der Waals surface area contributed by atoms with E-state index in [4.69, 9.17) is 11.6 Å². The number of anilines is 1. The maximum Gasteiger partial charge on any atom is 0.228 e. The SMILES string of the molecule is CNC(=O)C1(C)C[C@@H](n2cnc3c(NCCc4ccccc4)nc(C#Cc4ccc(Cl)s4)nc32)[C@H](O)[C@@H]1O. The van der Waals surface area contributed by atoms with Crippen LogP contribution in [0.4, 0.5) is 5.82 Å². The lowest BCUT2D eigenvalue weighted by atomic mass is 9.85. The van der Waals surface area contributed by atoms with Crippen molar-refractivity contribution in [3.8, 4) is 11.8 Å². The van der Waals surface area contributed by atoms with Crippen LogP contribution >= 0.6 is 22.9 Å². The summed E-state index contributed by atoms with van der Waals surface area (Å²) in [7, 11) is 1.51. The average Bonchev–Trinajstić information content (AvgIpc) is 3.60. The van der Waals surface area contributed by atoms with Crippen molar-refractivity contribution in [3.05, 3.63) is 69.4 Å². The smallest absolute Gasteiger partial charge is 0.228 e. The van der Waals surface area contributed by atoms with E-state index in [0.29, 0.717) is 27.9 Å². The molecule has 1 unspecified atom stereocenters. The van der Waals surface area contributed by atoms with Crippen molar-refractivity contribution in [1.82, 2.24) is 24.8 Å². The average molecular weight is 551 g/mol. The van der Waals surface area contributed by atoms with Crippen molar-refractivity contribution in [1.29, 1.82) is 0 Å². The second-order valence-electron chi connectivity index (χ2n) is 9.44. The van der Waals surface area contributed by atoms with Gasteiger partial charge < -0.3 is 25.4 Å². The molecule has 1 amide bonds. The summed E-state index contributed by atoms with van der Waals surface area (Å²) in [5, 5.41) is 27.7. The van der Waals surface area contributed by atoms with Gasteiger partial charge in [-0.3, -0.25) is 4.79 Å². The Kier molecular flexibility index (Phi) is 7.36. The van der Waals surface area contributed by atoms with Crippen LogP contribution in [0.5, 0.6) is 0 Å². The number of nitrogens with zero attached hydrogens (tertiary/aromatic N) is 4. The van der Waals surface area contributed by atoms with E-state index in [1.54, 1.807) is 23.9 Å². The van der Waals surface area contributed by atoms with Crippen LogP contribution in [0.3, 0.4) is 0 Å². The van der Waals surface area contributed by atoms with Gasteiger partial charge in [-0.15, -0.1) is 11.3 Å². The molecule has 3 aromatic heterocycles. The highest BCUT2D eigenvalue weighted by Crippen LogP contribution is 2.45. The number of hydrogen-bond acceptors (Lipinski definition) is 8. The Morgan fingerprint density at radius 3 is 2.71 bits per heavy atom. The number of carbonyl (C=O) groups excluding carboxylic acids is 1. The number of aliphatic hydroxyl groups is 2. The van der Waals surface area contributed by atoms with Crippen LogP contribution in [0.25, 0.3) is 11.2 Å². The maximum absolute atomic E-state index is 12.6. The number of fused-ring (bicyclic) bond motifs is 1. The van der Waals surface area contributed by atoms with Crippen molar-refractivity contribution in [3.63, 3.8) is 0 Å². The Morgan fingerprint density at radius 1 is 1.21 bits per heavy atom. The number of aliphatic hydroxyl groups excluding tert-OH is 2. The monoisotopic (exact) mass is 550 g/mol. The Labute approximate surface area is 228 Å². The Morgan fingerprint density at radius 2 is 2.00 bits per heavy atom. The molecule has 0 saturated heterocycles. The van der Waals surface area contributed by atoms with E-state index in [1.807, 2.05) is 24.3 Å². The molecule has 1 fully saturated rings. The highest BCUT2D eigenvalue weighted by Gasteiger charge is 2.54. The van der Waals surface area contributed by atoms with Crippen molar-refractivity contribution in [2.75, 3.05) is 18.9 Å². The van der Waals surface area contributed by atoms with E-state index in [0.717, 1.165) is 11.3 Å². The number of aromatic nitrogens is 4. The normalized spacial score (nSPS) is 22.7. The number of amides is 1. The number of nitrogens with one attached hydrogen (secondary N) is 2. The molecule has 4 aromatic rings. The van der Waals surface area contributed by atoms with Crippen LogP contribution in [-0.2, 0) is 11.2 Å². The van der Waals surface area contributed by atoms with Gasteiger partial charge in [0.1, 0.15) is 6.10 Å². The summed E-state index contributed by atoms with van der Waals surface area (Å²) >= 11 is 7.40. The van der Waals surface area contributed by atoms with Gasteiger partial charge in [-0.1, -0.05) is 41.9 Å². The van der Waals surface area contributed by atoms with Crippen LogP contribution in [0.2, 0.25) is 4.34 Å². The molecule has 1 saturated carbocycles. The van der Waals surface area contributed by atoms with Crippen LogP contribution in [0.15, 0.2) is 48.8 Å². The molecule has 196 valence electrons. The van der Waals surface area contributed by atoms with Gasteiger partial charge in [-0.2, -0.15) is 0 Å². The van der Waals surface area contributed by atoms with E-state index in [2.05, 4.69) is 49.6 Å². The van der Waals surface area contributed by atoms with E-state index >= 15 is 0 Å². The zero-order chi connectivity index (χ0) is 26.9. The summed E-state index contributed by atoms with van der Waals surface area (Å²) in [6.45, 7) is 2.25. The van der Waals surface area contributed by atoms with Crippen molar-refractivity contribution >= 4 is 45.8 Å². The first kappa shape index (κ1) is 26.1. The predicted octanol–water partition coefficient (Wildman–Crippen LogP) is 3.01. The third-order valence-electron chi connectivity index (χ3n) is 6.95. The second-order valence-corrected chi connectivity index (χ2v) is 11.2. The number of thiophene rings is 1. The highest BCUT2D eigenvalue weighted by molar-refractivity contribution is 7.16. The molecule has 1 aliphatic rings. The number of imidazole rings is 1. The minimum atomic E-state index is -1.25. The van der Waals surface area contributed by atoms with Gasteiger partial charge in [0.15, 0.2) is 17.0 Å². The van der Waals surface area contributed by atoms with Crippen molar-refractivity contribution in [2.24, 2.45) is 5.41 Å². The summed E-state index contributed by atoms with van der Waals surface area (Å²) in [6, 6.07) is 13.1. The van der Waals surface area contributed by atoms with Gasteiger partial charge in [0, 0.05) is 13.6 Å². The molecular weight excluding hydrogens is 524 g/mol. The summed E-state index contributed by atoms with van der Waals surface area (Å²) in [4.78, 5) is 27.2. The molecule has 11 heteroatoms. The third kappa shape index (κ3) is 4.98.